The van der Waals surface area contributed by atoms with Crippen molar-refractivity contribution in [1.82, 2.24) is 0 Å². The summed E-state index contributed by atoms with van der Waals surface area (Å²) in [5, 5.41) is 2.85. The molecule has 0 aromatic heterocycles. The first-order valence-corrected chi connectivity index (χ1v) is 6.77. The Balaban J connectivity index is 2.28. The third-order valence-electron chi connectivity index (χ3n) is 3.25. The zero-order valence-electron chi connectivity index (χ0n) is 13.1. The summed E-state index contributed by atoms with van der Waals surface area (Å²) in [6.07, 6.45) is 0. The lowest BCUT2D eigenvalue weighted by Crippen LogP contribution is -2.13. The maximum absolute atomic E-state index is 12.4. The van der Waals surface area contributed by atoms with E-state index in [0.717, 1.165) is 5.56 Å². The minimum atomic E-state index is -0.246. The molecule has 0 aliphatic carbocycles. The molecule has 0 unspecified atom stereocenters. The lowest BCUT2D eigenvalue weighted by molar-refractivity contribution is 0.102. The van der Waals surface area contributed by atoms with Crippen LogP contribution in [0.25, 0.3) is 0 Å². The van der Waals surface area contributed by atoms with Gasteiger partial charge in [-0.15, -0.1) is 0 Å². The van der Waals surface area contributed by atoms with E-state index in [1.54, 1.807) is 32.4 Å². The molecule has 0 aliphatic rings. The van der Waals surface area contributed by atoms with Crippen LogP contribution in [0.3, 0.4) is 0 Å². The fourth-order valence-corrected chi connectivity index (χ4v) is 2.09. The molecule has 2 aromatic rings. The van der Waals surface area contributed by atoms with Crippen molar-refractivity contribution >= 4 is 11.6 Å². The Hall–Kier alpha value is -2.69. The first-order valence-electron chi connectivity index (χ1n) is 6.77. The quantitative estimate of drug-likeness (QED) is 0.921. The Morgan fingerprint density at radius 3 is 2.14 bits per heavy atom. The van der Waals surface area contributed by atoms with Crippen molar-refractivity contribution in [3.8, 4) is 17.2 Å². The summed E-state index contributed by atoms with van der Waals surface area (Å²) in [5.41, 5.74) is 2.13. The van der Waals surface area contributed by atoms with Crippen LogP contribution in [0.5, 0.6) is 17.2 Å². The summed E-state index contributed by atoms with van der Waals surface area (Å²) in [7, 11) is 4.65. The molecule has 0 atom stereocenters. The van der Waals surface area contributed by atoms with Gasteiger partial charge in [0.15, 0.2) is 11.5 Å². The summed E-state index contributed by atoms with van der Waals surface area (Å²) in [6, 6.07) is 10.6. The number of benzene rings is 2. The first kappa shape index (κ1) is 15.7. The number of nitrogens with one attached hydrogen (secondary N) is 1. The zero-order chi connectivity index (χ0) is 16.1. The molecule has 5 nitrogen and oxygen atoms in total. The standard InChI is InChI=1S/C17H19NO4/c1-11-5-7-14(20-2)13(9-11)18-17(19)12-6-8-15(21-3)16(10-12)22-4/h5-10H,1-4H3,(H,18,19). The van der Waals surface area contributed by atoms with Crippen LogP contribution in [0.4, 0.5) is 5.69 Å². The topological polar surface area (TPSA) is 56.8 Å². The van der Waals surface area contributed by atoms with Gasteiger partial charge in [-0.2, -0.15) is 0 Å². The molecule has 5 heteroatoms. The van der Waals surface area contributed by atoms with Crippen molar-refractivity contribution in [2.75, 3.05) is 26.6 Å². The monoisotopic (exact) mass is 301 g/mol. The fourth-order valence-electron chi connectivity index (χ4n) is 2.09. The van der Waals surface area contributed by atoms with E-state index in [1.165, 1.54) is 7.11 Å². The number of carbonyl (C=O) groups excluding carboxylic acids is 1. The molecular formula is C17H19NO4. The minimum Gasteiger partial charge on any atom is -0.495 e. The van der Waals surface area contributed by atoms with E-state index in [4.69, 9.17) is 14.2 Å². The third-order valence-corrected chi connectivity index (χ3v) is 3.25. The van der Waals surface area contributed by atoms with Gasteiger partial charge >= 0.3 is 0 Å². The van der Waals surface area contributed by atoms with Gasteiger partial charge < -0.3 is 19.5 Å². The number of hydrogen-bond donors (Lipinski definition) is 1. The summed E-state index contributed by atoms with van der Waals surface area (Å²) in [6.45, 7) is 1.95. The van der Waals surface area contributed by atoms with E-state index in [0.29, 0.717) is 28.5 Å². The summed E-state index contributed by atoms with van der Waals surface area (Å²) in [4.78, 5) is 12.4. The predicted molar refractivity (Wildman–Crippen MR) is 85.2 cm³/mol. The maximum Gasteiger partial charge on any atom is 0.255 e. The number of amides is 1. The van der Waals surface area contributed by atoms with Gasteiger partial charge in [0.05, 0.1) is 27.0 Å². The van der Waals surface area contributed by atoms with Crippen LogP contribution in [0.2, 0.25) is 0 Å². The Morgan fingerprint density at radius 1 is 0.864 bits per heavy atom. The SMILES string of the molecule is COc1ccc(C)cc1NC(=O)c1ccc(OC)c(OC)c1. The van der Waals surface area contributed by atoms with E-state index < -0.39 is 0 Å². The molecule has 2 aromatic carbocycles. The maximum atomic E-state index is 12.4. The molecule has 0 fully saturated rings. The third kappa shape index (κ3) is 3.31. The molecule has 0 saturated heterocycles. The van der Waals surface area contributed by atoms with Crippen LogP contribution in [-0.4, -0.2) is 27.2 Å². The van der Waals surface area contributed by atoms with Gasteiger partial charge in [0, 0.05) is 5.56 Å². The number of hydrogen-bond acceptors (Lipinski definition) is 4. The largest absolute Gasteiger partial charge is 0.495 e. The van der Waals surface area contributed by atoms with Crippen LogP contribution in [0, 0.1) is 6.92 Å². The molecule has 0 saturated carbocycles. The molecule has 0 spiro atoms. The molecule has 1 amide bonds. The van der Waals surface area contributed by atoms with Crippen molar-refractivity contribution in [2.24, 2.45) is 0 Å². The van der Waals surface area contributed by atoms with Gasteiger partial charge in [0.2, 0.25) is 0 Å². The van der Waals surface area contributed by atoms with E-state index in [2.05, 4.69) is 5.32 Å². The van der Waals surface area contributed by atoms with E-state index in [1.807, 2.05) is 25.1 Å². The van der Waals surface area contributed by atoms with E-state index >= 15 is 0 Å². The van der Waals surface area contributed by atoms with Gasteiger partial charge in [-0.3, -0.25) is 4.79 Å². The summed E-state index contributed by atoms with van der Waals surface area (Å²) >= 11 is 0. The van der Waals surface area contributed by atoms with E-state index in [-0.39, 0.29) is 5.91 Å². The van der Waals surface area contributed by atoms with Gasteiger partial charge in [-0.1, -0.05) is 6.07 Å². The lowest BCUT2D eigenvalue weighted by Gasteiger charge is -2.12. The average Bonchev–Trinajstić information content (AvgIpc) is 2.54. The fraction of sp³-hybridized carbons (Fsp3) is 0.235. The zero-order valence-corrected chi connectivity index (χ0v) is 13.1. The Labute approximate surface area is 129 Å². The molecule has 0 bridgehead atoms. The molecule has 22 heavy (non-hydrogen) atoms. The van der Waals surface area contributed by atoms with Crippen LogP contribution in [0.15, 0.2) is 36.4 Å². The highest BCUT2D eigenvalue weighted by molar-refractivity contribution is 6.05. The number of anilines is 1. The average molecular weight is 301 g/mol. The van der Waals surface area contributed by atoms with Gasteiger partial charge in [0.25, 0.3) is 5.91 Å². The van der Waals surface area contributed by atoms with Crippen molar-refractivity contribution in [2.45, 2.75) is 6.92 Å². The van der Waals surface area contributed by atoms with Gasteiger partial charge in [-0.25, -0.2) is 0 Å². The van der Waals surface area contributed by atoms with Crippen molar-refractivity contribution in [1.29, 1.82) is 0 Å². The number of rotatable bonds is 5. The molecule has 0 aliphatic heterocycles. The highest BCUT2D eigenvalue weighted by atomic mass is 16.5. The molecule has 116 valence electrons. The van der Waals surface area contributed by atoms with Crippen molar-refractivity contribution < 1.29 is 19.0 Å². The number of aryl methyl sites for hydroxylation is 1. The van der Waals surface area contributed by atoms with Crippen LogP contribution >= 0.6 is 0 Å². The normalized spacial score (nSPS) is 10.0. The number of carbonyl (C=O) groups is 1. The second-order valence-electron chi connectivity index (χ2n) is 4.73. The Bertz CT molecular complexity index is 682. The molecule has 1 N–H and O–H groups in total. The number of methoxy groups -OCH3 is 3. The highest BCUT2D eigenvalue weighted by Crippen LogP contribution is 2.29. The van der Waals surface area contributed by atoms with E-state index in [9.17, 15) is 4.79 Å². The van der Waals surface area contributed by atoms with Crippen molar-refractivity contribution in [3.63, 3.8) is 0 Å². The van der Waals surface area contributed by atoms with Crippen LogP contribution < -0.4 is 19.5 Å². The lowest BCUT2D eigenvalue weighted by atomic mass is 10.1. The van der Waals surface area contributed by atoms with Crippen LogP contribution in [-0.2, 0) is 0 Å². The summed E-state index contributed by atoms with van der Waals surface area (Å²) in [5.74, 6) is 1.45. The van der Waals surface area contributed by atoms with Gasteiger partial charge in [0.1, 0.15) is 5.75 Å². The molecular weight excluding hydrogens is 282 g/mol. The molecule has 0 heterocycles. The van der Waals surface area contributed by atoms with Crippen LogP contribution in [0.1, 0.15) is 15.9 Å². The first-order chi connectivity index (χ1) is 10.6. The van der Waals surface area contributed by atoms with Crippen molar-refractivity contribution in [3.05, 3.63) is 47.5 Å². The van der Waals surface area contributed by atoms with Gasteiger partial charge in [-0.05, 0) is 42.8 Å². The molecule has 0 radical (unpaired) electrons. The highest BCUT2D eigenvalue weighted by Gasteiger charge is 2.13. The Kier molecular flexibility index (Phi) is 4.88. The predicted octanol–water partition coefficient (Wildman–Crippen LogP) is 3.27. The second-order valence-corrected chi connectivity index (χ2v) is 4.73. The number of ether oxygens (including phenoxy) is 3. The minimum absolute atomic E-state index is 0.246. The smallest absolute Gasteiger partial charge is 0.255 e. The second kappa shape index (κ2) is 6.85. The summed E-state index contributed by atoms with van der Waals surface area (Å²) < 4.78 is 15.6. The Morgan fingerprint density at radius 2 is 1.50 bits per heavy atom. The molecule has 2 rings (SSSR count).